The SMILES string of the molecule is CC(c1ccc(S(C)(=O)=O)cc1)N(C)C(=O)CNC(=O)Cc1ccccc1. The summed E-state index contributed by atoms with van der Waals surface area (Å²) in [6.07, 6.45) is 1.37. The van der Waals surface area contributed by atoms with Crippen molar-refractivity contribution in [3.05, 3.63) is 65.7 Å². The molecule has 0 aliphatic carbocycles. The molecule has 2 aromatic carbocycles. The number of nitrogens with zero attached hydrogens (tertiary/aromatic N) is 1. The van der Waals surface area contributed by atoms with E-state index in [9.17, 15) is 18.0 Å². The molecule has 27 heavy (non-hydrogen) atoms. The summed E-state index contributed by atoms with van der Waals surface area (Å²) in [5, 5.41) is 2.64. The molecule has 6 nitrogen and oxygen atoms in total. The molecule has 0 spiro atoms. The van der Waals surface area contributed by atoms with Crippen molar-refractivity contribution in [2.75, 3.05) is 19.8 Å². The Balaban J connectivity index is 1.91. The monoisotopic (exact) mass is 388 g/mol. The summed E-state index contributed by atoms with van der Waals surface area (Å²) in [6.45, 7) is 1.76. The lowest BCUT2D eigenvalue weighted by Crippen LogP contribution is -2.39. The molecule has 1 atom stereocenters. The molecule has 0 saturated heterocycles. The second-order valence-corrected chi connectivity index (χ2v) is 8.48. The van der Waals surface area contributed by atoms with Gasteiger partial charge in [0.05, 0.1) is 23.9 Å². The van der Waals surface area contributed by atoms with Crippen LogP contribution < -0.4 is 5.32 Å². The molecule has 0 aliphatic heterocycles. The maximum atomic E-state index is 12.4. The zero-order valence-electron chi connectivity index (χ0n) is 15.7. The molecule has 2 aromatic rings. The Kier molecular flexibility index (Phi) is 6.74. The Hall–Kier alpha value is -2.67. The fourth-order valence-corrected chi connectivity index (χ4v) is 3.21. The van der Waals surface area contributed by atoms with Gasteiger partial charge in [-0.1, -0.05) is 42.5 Å². The number of hydrogen-bond donors (Lipinski definition) is 1. The minimum absolute atomic E-state index is 0.0894. The summed E-state index contributed by atoms with van der Waals surface area (Å²) in [7, 11) is -1.60. The van der Waals surface area contributed by atoms with E-state index in [0.717, 1.165) is 17.4 Å². The van der Waals surface area contributed by atoms with E-state index in [1.807, 2.05) is 37.3 Å². The average molecular weight is 388 g/mol. The molecular weight excluding hydrogens is 364 g/mol. The first-order chi connectivity index (χ1) is 12.7. The van der Waals surface area contributed by atoms with Crippen molar-refractivity contribution in [1.29, 1.82) is 0 Å². The predicted octanol–water partition coefficient (Wildman–Crippen LogP) is 1.97. The van der Waals surface area contributed by atoms with Gasteiger partial charge in [0.2, 0.25) is 11.8 Å². The highest BCUT2D eigenvalue weighted by molar-refractivity contribution is 7.90. The first-order valence-electron chi connectivity index (χ1n) is 8.55. The lowest BCUT2D eigenvalue weighted by atomic mass is 10.1. The summed E-state index contributed by atoms with van der Waals surface area (Å²) < 4.78 is 23.1. The second-order valence-electron chi connectivity index (χ2n) is 6.46. The van der Waals surface area contributed by atoms with Gasteiger partial charge in [0.15, 0.2) is 9.84 Å². The number of rotatable bonds is 7. The minimum atomic E-state index is -3.25. The normalized spacial score (nSPS) is 12.3. The fraction of sp³-hybridized carbons (Fsp3) is 0.300. The summed E-state index contributed by atoms with van der Waals surface area (Å²) in [5.41, 5.74) is 1.70. The van der Waals surface area contributed by atoms with E-state index in [-0.39, 0.29) is 35.7 Å². The fourth-order valence-electron chi connectivity index (χ4n) is 2.58. The smallest absolute Gasteiger partial charge is 0.242 e. The van der Waals surface area contributed by atoms with Gasteiger partial charge in [-0.2, -0.15) is 0 Å². The van der Waals surface area contributed by atoms with E-state index in [1.165, 1.54) is 17.0 Å². The summed E-state index contributed by atoms with van der Waals surface area (Å²) in [6, 6.07) is 15.5. The number of sulfone groups is 1. The highest BCUT2D eigenvalue weighted by Gasteiger charge is 2.18. The van der Waals surface area contributed by atoms with Gasteiger partial charge in [0.25, 0.3) is 0 Å². The third-order valence-electron chi connectivity index (χ3n) is 4.41. The van der Waals surface area contributed by atoms with Gasteiger partial charge in [-0.05, 0) is 30.2 Å². The van der Waals surface area contributed by atoms with Crippen LogP contribution in [0, 0.1) is 0 Å². The summed E-state index contributed by atoms with van der Waals surface area (Å²) in [5.74, 6) is -0.441. The Bertz CT molecular complexity index is 893. The lowest BCUT2D eigenvalue weighted by Gasteiger charge is -2.25. The Morgan fingerprint density at radius 2 is 1.63 bits per heavy atom. The zero-order chi connectivity index (χ0) is 20.0. The molecule has 0 bridgehead atoms. The van der Waals surface area contributed by atoms with E-state index < -0.39 is 9.84 Å². The first kappa shape index (κ1) is 20.6. The molecule has 0 heterocycles. The van der Waals surface area contributed by atoms with Gasteiger partial charge in [-0.3, -0.25) is 9.59 Å². The van der Waals surface area contributed by atoms with Crippen molar-refractivity contribution in [2.45, 2.75) is 24.3 Å². The molecule has 1 N–H and O–H groups in total. The molecule has 1 unspecified atom stereocenters. The van der Waals surface area contributed by atoms with Crippen LogP contribution in [0.15, 0.2) is 59.5 Å². The molecule has 2 rings (SSSR count). The van der Waals surface area contributed by atoms with Crippen LogP contribution in [-0.2, 0) is 25.8 Å². The van der Waals surface area contributed by atoms with E-state index >= 15 is 0 Å². The lowest BCUT2D eigenvalue weighted by molar-refractivity contribution is -0.133. The van der Waals surface area contributed by atoms with Gasteiger partial charge in [-0.15, -0.1) is 0 Å². The van der Waals surface area contributed by atoms with Crippen LogP contribution in [0.3, 0.4) is 0 Å². The van der Waals surface area contributed by atoms with Crippen molar-refractivity contribution in [3.63, 3.8) is 0 Å². The number of nitrogens with one attached hydrogen (secondary N) is 1. The van der Waals surface area contributed by atoms with Crippen LogP contribution in [0.4, 0.5) is 0 Å². The summed E-state index contributed by atoms with van der Waals surface area (Å²) >= 11 is 0. The third kappa shape index (κ3) is 5.92. The number of amides is 2. The van der Waals surface area contributed by atoms with Crippen molar-refractivity contribution in [2.24, 2.45) is 0 Å². The topological polar surface area (TPSA) is 83.6 Å². The molecule has 0 aliphatic rings. The standard InChI is InChI=1S/C20H24N2O4S/c1-15(17-9-11-18(12-10-17)27(3,25)26)22(2)20(24)14-21-19(23)13-16-7-5-4-6-8-16/h4-12,15H,13-14H2,1-3H3,(H,21,23). The number of carbonyl (C=O) groups is 2. The van der Waals surface area contributed by atoms with E-state index in [1.54, 1.807) is 19.2 Å². The van der Waals surface area contributed by atoms with Gasteiger partial charge in [0.1, 0.15) is 0 Å². The quantitative estimate of drug-likeness (QED) is 0.786. The van der Waals surface area contributed by atoms with E-state index in [4.69, 9.17) is 0 Å². The maximum Gasteiger partial charge on any atom is 0.242 e. The maximum absolute atomic E-state index is 12.4. The molecular formula is C20H24N2O4S. The van der Waals surface area contributed by atoms with Crippen molar-refractivity contribution in [1.82, 2.24) is 10.2 Å². The highest BCUT2D eigenvalue weighted by Crippen LogP contribution is 2.20. The average Bonchev–Trinajstić information content (AvgIpc) is 2.65. The largest absolute Gasteiger partial charge is 0.347 e. The molecule has 144 valence electrons. The molecule has 0 radical (unpaired) electrons. The van der Waals surface area contributed by atoms with Crippen LogP contribution in [0.25, 0.3) is 0 Å². The van der Waals surface area contributed by atoms with Crippen LogP contribution in [0.1, 0.15) is 24.1 Å². The summed E-state index contributed by atoms with van der Waals surface area (Å²) in [4.78, 5) is 26.1. The van der Waals surface area contributed by atoms with Crippen molar-refractivity contribution >= 4 is 21.7 Å². The second kappa shape index (κ2) is 8.81. The van der Waals surface area contributed by atoms with Crippen LogP contribution in [0.2, 0.25) is 0 Å². The minimum Gasteiger partial charge on any atom is -0.347 e. The highest BCUT2D eigenvalue weighted by atomic mass is 32.2. The van der Waals surface area contributed by atoms with Gasteiger partial charge < -0.3 is 10.2 Å². The Morgan fingerprint density at radius 3 is 2.19 bits per heavy atom. The van der Waals surface area contributed by atoms with Crippen LogP contribution >= 0.6 is 0 Å². The van der Waals surface area contributed by atoms with Crippen LogP contribution in [-0.4, -0.2) is 45.0 Å². The molecule has 0 aromatic heterocycles. The number of hydrogen-bond acceptors (Lipinski definition) is 4. The molecule has 0 saturated carbocycles. The number of likely N-dealkylation sites (N-methyl/N-ethyl adjacent to an activating group) is 1. The van der Waals surface area contributed by atoms with Crippen molar-refractivity contribution in [3.8, 4) is 0 Å². The van der Waals surface area contributed by atoms with E-state index in [0.29, 0.717) is 0 Å². The van der Waals surface area contributed by atoms with Crippen LogP contribution in [0.5, 0.6) is 0 Å². The third-order valence-corrected chi connectivity index (χ3v) is 5.54. The molecule has 2 amide bonds. The van der Waals surface area contributed by atoms with Gasteiger partial charge in [-0.25, -0.2) is 8.42 Å². The van der Waals surface area contributed by atoms with E-state index in [2.05, 4.69) is 5.32 Å². The predicted molar refractivity (Wildman–Crippen MR) is 104 cm³/mol. The molecule has 0 fully saturated rings. The zero-order valence-corrected chi connectivity index (χ0v) is 16.5. The van der Waals surface area contributed by atoms with Gasteiger partial charge in [0, 0.05) is 13.3 Å². The Morgan fingerprint density at radius 1 is 1.04 bits per heavy atom. The van der Waals surface area contributed by atoms with Crippen molar-refractivity contribution < 1.29 is 18.0 Å². The van der Waals surface area contributed by atoms with Gasteiger partial charge >= 0.3 is 0 Å². The number of benzene rings is 2. The Labute approximate surface area is 160 Å². The molecule has 7 heteroatoms. The number of carbonyl (C=O) groups excluding carboxylic acids is 2. The first-order valence-corrected chi connectivity index (χ1v) is 10.4.